The van der Waals surface area contributed by atoms with Gasteiger partial charge in [0.15, 0.2) is 29.9 Å². The molecule has 0 radical (unpaired) electrons. The smallest absolute Gasteiger partial charge is 0.203 e. The molecule has 0 amide bonds. The predicted octanol–water partition coefficient (Wildman–Crippen LogP) is 1.79. The van der Waals surface area contributed by atoms with E-state index in [0.29, 0.717) is 35.4 Å². The maximum Gasteiger partial charge on any atom is 0.203 e. The Morgan fingerprint density at radius 3 is 1.68 bits per heavy atom. The second-order valence-corrected chi connectivity index (χ2v) is 4.19. The maximum absolute atomic E-state index is 10.9. The van der Waals surface area contributed by atoms with Crippen molar-refractivity contribution in [3.63, 3.8) is 0 Å². The highest BCUT2D eigenvalue weighted by atomic mass is 16.5. The van der Waals surface area contributed by atoms with Crippen molar-refractivity contribution < 1.29 is 23.8 Å². The second kappa shape index (κ2) is 6.66. The molecular weight excluding hydrogens is 288 g/mol. The fourth-order valence-corrected chi connectivity index (χ4v) is 1.95. The molecule has 0 aliphatic rings. The summed E-state index contributed by atoms with van der Waals surface area (Å²) in [5.74, 6) is 1.48. The molecule has 22 heavy (non-hydrogen) atoms. The fraction of sp³-hybridized carbons (Fsp3) is 0.200. The second-order valence-electron chi connectivity index (χ2n) is 4.19. The van der Waals surface area contributed by atoms with Crippen molar-refractivity contribution in [2.45, 2.75) is 0 Å². The Kier molecular flexibility index (Phi) is 4.67. The van der Waals surface area contributed by atoms with Gasteiger partial charge in [-0.3, -0.25) is 9.59 Å². The lowest BCUT2D eigenvalue weighted by molar-refractivity contribution is 0.111. The van der Waals surface area contributed by atoms with Crippen LogP contribution in [-0.4, -0.2) is 43.9 Å². The summed E-state index contributed by atoms with van der Waals surface area (Å²) in [4.78, 5) is 30.0. The summed E-state index contributed by atoms with van der Waals surface area (Å²) >= 11 is 0. The molecule has 0 fully saturated rings. The average molecular weight is 302 g/mol. The third kappa shape index (κ3) is 2.88. The van der Waals surface area contributed by atoms with Crippen molar-refractivity contribution in [2.75, 3.05) is 21.3 Å². The van der Waals surface area contributed by atoms with E-state index in [2.05, 4.69) is 9.97 Å². The van der Waals surface area contributed by atoms with Gasteiger partial charge in [0, 0.05) is 5.56 Å². The number of carbonyl (C=O) groups excluding carboxylic acids is 2. The Hall–Kier alpha value is -2.96. The standard InChI is InChI=1S/C15H14N2O5/c1-20-12-4-9(5-13(21-2)14(12)22-3)15-16-10(7-18)6-11(8-19)17-15/h4-8H,1-3H3. The normalized spacial score (nSPS) is 9.95. The van der Waals surface area contributed by atoms with Crippen LogP contribution in [0.2, 0.25) is 0 Å². The Balaban J connectivity index is 2.66. The van der Waals surface area contributed by atoms with E-state index in [1.54, 1.807) is 12.1 Å². The van der Waals surface area contributed by atoms with Gasteiger partial charge >= 0.3 is 0 Å². The average Bonchev–Trinajstić information content (AvgIpc) is 2.59. The first-order valence-electron chi connectivity index (χ1n) is 6.26. The Morgan fingerprint density at radius 1 is 0.818 bits per heavy atom. The van der Waals surface area contributed by atoms with Crippen molar-refractivity contribution in [1.82, 2.24) is 9.97 Å². The zero-order chi connectivity index (χ0) is 16.1. The van der Waals surface area contributed by atoms with Gasteiger partial charge in [-0.2, -0.15) is 0 Å². The summed E-state index contributed by atoms with van der Waals surface area (Å²) in [5, 5.41) is 0. The van der Waals surface area contributed by atoms with Crippen molar-refractivity contribution in [1.29, 1.82) is 0 Å². The molecule has 0 aliphatic heterocycles. The number of carbonyl (C=O) groups is 2. The molecule has 0 atom stereocenters. The minimum atomic E-state index is 0.112. The van der Waals surface area contributed by atoms with E-state index in [1.807, 2.05) is 0 Å². The van der Waals surface area contributed by atoms with E-state index in [0.717, 1.165) is 0 Å². The van der Waals surface area contributed by atoms with Gasteiger partial charge in [0.1, 0.15) is 11.4 Å². The molecule has 2 rings (SSSR count). The van der Waals surface area contributed by atoms with Crippen LogP contribution < -0.4 is 14.2 Å². The molecule has 0 saturated carbocycles. The molecule has 0 N–H and O–H groups in total. The van der Waals surface area contributed by atoms with Gasteiger partial charge in [-0.1, -0.05) is 0 Å². The topological polar surface area (TPSA) is 87.6 Å². The molecular formula is C15H14N2O5. The van der Waals surface area contributed by atoms with Crippen LogP contribution >= 0.6 is 0 Å². The number of ether oxygens (including phenoxy) is 3. The Bertz CT molecular complexity index is 664. The Labute approximate surface area is 126 Å². The predicted molar refractivity (Wildman–Crippen MR) is 77.9 cm³/mol. The van der Waals surface area contributed by atoms with Crippen molar-refractivity contribution in [2.24, 2.45) is 0 Å². The van der Waals surface area contributed by atoms with Crippen LogP contribution in [0.1, 0.15) is 21.0 Å². The van der Waals surface area contributed by atoms with Crippen molar-refractivity contribution in [3.05, 3.63) is 29.6 Å². The van der Waals surface area contributed by atoms with E-state index in [9.17, 15) is 9.59 Å². The molecule has 0 aliphatic carbocycles. The zero-order valence-electron chi connectivity index (χ0n) is 12.3. The highest BCUT2D eigenvalue weighted by Gasteiger charge is 2.16. The molecule has 0 saturated heterocycles. The van der Waals surface area contributed by atoms with Crippen LogP contribution in [-0.2, 0) is 0 Å². The summed E-state index contributed by atoms with van der Waals surface area (Å²) in [5.41, 5.74) is 0.753. The summed E-state index contributed by atoms with van der Waals surface area (Å²) in [6.07, 6.45) is 1.10. The molecule has 1 aromatic heterocycles. The lowest BCUT2D eigenvalue weighted by Gasteiger charge is -2.13. The number of nitrogens with zero attached hydrogens (tertiary/aromatic N) is 2. The summed E-state index contributed by atoms with van der Waals surface area (Å²) in [7, 11) is 4.47. The number of methoxy groups -OCH3 is 3. The minimum absolute atomic E-state index is 0.112. The van der Waals surface area contributed by atoms with Crippen LogP contribution in [0.3, 0.4) is 0 Å². The summed E-state index contributed by atoms with van der Waals surface area (Å²) < 4.78 is 15.7. The van der Waals surface area contributed by atoms with Crippen LogP contribution in [0.5, 0.6) is 17.2 Å². The first kappa shape index (κ1) is 15.4. The monoisotopic (exact) mass is 302 g/mol. The third-order valence-corrected chi connectivity index (χ3v) is 2.93. The fourth-order valence-electron chi connectivity index (χ4n) is 1.95. The van der Waals surface area contributed by atoms with Crippen LogP contribution in [0.15, 0.2) is 18.2 Å². The van der Waals surface area contributed by atoms with Crippen molar-refractivity contribution >= 4 is 12.6 Å². The van der Waals surface area contributed by atoms with Gasteiger partial charge < -0.3 is 14.2 Å². The van der Waals surface area contributed by atoms with E-state index >= 15 is 0 Å². The molecule has 1 aromatic carbocycles. The number of hydrogen-bond donors (Lipinski definition) is 0. The maximum atomic E-state index is 10.9. The van der Waals surface area contributed by atoms with Gasteiger partial charge in [0.2, 0.25) is 5.75 Å². The van der Waals surface area contributed by atoms with E-state index < -0.39 is 0 Å². The zero-order valence-corrected chi connectivity index (χ0v) is 12.3. The lowest BCUT2D eigenvalue weighted by Crippen LogP contribution is -2.01. The molecule has 0 unspecified atom stereocenters. The van der Waals surface area contributed by atoms with Gasteiger partial charge in [0.05, 0.1) is 21.3 Å². The van der Waals surface area contributed by atoms with Gasteiger partial charge in [-0.05, 0) is 18.2 Å². The molecule has 1 heterocycles. The first-order valence-corrected chi connectivity index (χ1v) is 6.26. The number of rotatable bonds is 6. The molecule has 2 aromatic rings. The third-order valence-electron chi connectivity index (χ3n) is 2.93. The minimum Gasteiger partial charge on any atom is -0.493 e. The number of hydrogen-bond acceptors (Lipinski definition) is 7. The molecule has 114 valence electrons. The Morgan fingerprint density at radius 2 is 1.32 bits per heavy atom. The molecule has 7 nitrogen and oxygen atoms in total. The SMILES string of the molecule is COc1cc(-c2nc(C=O)cc(C=O)n2)cc(OC)c1OC. The molecule has 0 bridgehead atoms. The number of aldehydes is 2. The molecule has 0 spiro atoms. The molecule has 7 heteroatoms. The highest BCUT2D eigenvalue weighted by Crippen LogP contribution is 2.40. The number of aromatic nitrogens is 2. The largest absolute Gasteiger partial charge is 0.493 e. The van der Waals surface area contributed by atoms with Gasteiger partial charge in [-0.15, -0.1) is 0 Å². The van der Waals surface area contributed by atoms with E-state index in [4.69, 9.17) is 14.2 Å². The van der Waals surface area contributed by atoms with Crippen molar-refractivity contribution in [3.8, 4) is 28.6 Å². The van der Waals surface area contributed by atoms with Gasteiger partial charge in [-0.25, -0.2) is 9.97 Å². The van der Waals surface area contributed by atoms with E-state index in [-0.39, 0.29) is 17.2 Å². The number of benzene rings is 1. The van der Waals surface area contributed by atoms with Crippen LogP contribution in [0, 0.1) is 0 Å². The van der Waals surface area contributed by atoms with E-state index in [1.165, 1.54) is 27.4 Å². The van der Waals surface area contributed by atoms with Gasteiger partial charge in [0.25, 0.3) is 0 Å². The van der Waals surface area contributed by atoms with Crippen LogP contribution in [0.25, 0.3) is 11.4 Å². The first-order chi connectivity index (χ1) is 10.7. The quantitative estimate of drug-likeness (QED) is 0.752. The summed E-state index contributed by atoms with van der Waals surface area (Å²) in [6, 6.07) is 4.58. The lowest BCUT2D eigenvalue weighted by atomic mass is 10.1. The highest BCUT2D eigenvalue weighted by molar-refractivity contribution is 5.80. The summed E-state index contributed by atoms with van der Waals surface area (Å²) in [6.45, 7) is 0. The van der Waals surface area contributed by atoms with Crippen LogP contribution in [0.4, 0.5) is 0 Å².